The van der Waals surface area contributed by atoms with Crippen LogP contribution in [0.25, 0.3) is 0 Å². The summed E-state index contributed by atoms with van der Waals surface area (Å²) in [4.78, 5) is 0. The topological polar surface area (TPSA) is 61.3 Å². The van der Waals surface area contributed by atoms with E-state index in [9.17, 15) is 0 Å². The number of rotatable bonds is 6. The highest BCUT2D eigenvalue weighted by molar-refractivity contribution is 5.36. The van der Waals surface area contributed by atoms with Gasteiger partial charge in [-0.1, -0.05) is 48.5 Å². The average molecular weight is 256 g/mol. The second-order valence-corrected chi connectivity index (χ2v) is 4.50. The molecule has 0 heterocycles. The molecule has 19 heavy (non-hydrogen) atoms. The number of benzene rings is 2. The fourth-order valence-corrected chi connectivity index (χ4v) is 1.99. The van der Waals surface area contributed by atoms with Gasteiger partial charge in [0.05, 0.1) is 0 Å². The van der Waals surface area contributed by atoms with Gasteiger partial charge in [-0.05, 0) is 24.6 Å². The molecular weight excluding hydrogens is 236 g/mol. The summed E-state index contributed by atoms with van der Waals surface area (Å²) in [5, 5.41) is 0. The molecule has 0 amide bonds. The van der Waals surface area contributed by atoms with Crippen molar-refractivity contribution in [2.45, 2.75) is 19.1 Å². The van der Waals surface area contributed by atoms with Gasteiger partial charge in [0.1, 0.15) is 12.4 Å². The van der Waals surface area contributed by atoms with Crippen LogP contribution in [0.2, 0.25) is 0 Å². The molecule has 100 valence electrons. The lowest BCUT2D eigenvalue weighted by molar-refractivity contribution is 0.300. The monoisotopic (exact) mass is 256 g/mol. The molecule has 0 spiro atoms. The van der Waals surface area contributed by atoms with Gasteiger partial charge >= 0.3 is 0 Å². The summed E-state index contributed by atoms with van der Waals surface area (Å²) < 4.78 is 5.87. The summed E-state index contributed by atoms with van der Waals surface area (Å²) in [5.74, 6) is 0.840. The van der Waals surface area contributed by atoms with E-state index >= 15 is 0 Å². The first-order chi connectivity index (χ1) is 9.31. The molecule has 0 bridgehead atoms. The molecule has 2 rings (SSSR count). The Bertz CT molecular complexity index is 499. The zero-order valence-corrected chi connectivity index (χ0v) is 11.0. The Kier molecular flexibility index (Phi) is 4.95. The predicted octanol–water partition coefficient (Wildman–Crippen LogP) is 2.61. The van der Waals surface area contributed by atoms with Crippen molar-refractivity contribution >= 4 is 0 Å². The van der Waals surface area contributed by atoms with Crippen LogP contribution in [0.15, 0.2) is 54.6 Å². The fraction of sp³-hybridized carbons (Fsp3) is 0.250. The Hall–Kier alpha value is -1.84. The van der Waals surface area contributed by atoms with Crippen LogP contribution in [0.5, 0.6) is 5.75 Å². The van der Waals surface area contributed by atoms with Crippen LogP contribution in [-0.2, 0) is 6.61 Å². The lowest BCUT2D eigenvalue weighted by Gasteiger charge is -2.16. The van der Waals surface area contributed by atoms with Crippen molar-refractivity contribution in [2.75, 3.05) is 6.54 Å². The molecule has 3 nitrogen and oxygen atoms in total. The lowest BCUT2D eigenvalue weighted by Crippen LogP contribution is -2.16. The fourth-order valence-electron chi connectivity index (χ4n) is 1.99. The molecule has 2 aromatic rings. The number of nitrogens with two attached hydrogens (primary N) is 2. The summed E-state index contributed by atoms with van der Waals surface area (Å²) in [5.41, 5.74) is 13.8. The Morgan fingerprint density at radius 3 is 2.37 bits per heavy atom. The van der Waals surface area contributed by atoms with Crippen LogP contribution in [-0.4, -0.2) is 6.54 Å². The Labute approximate surface area is 114 Å². The second-order valence-electron chi connectivity index (χ2n) is 4.50. The van der Waals surface area contributed by atoms with Crippen LogP contribution in [0, 0.1) is 0 Å². The maximum Gasteiger partial charge on any atom is 0.124 e. The highest BCUT2D eigenvalue weighted by Crippen LogP contribution is 2.25. The highest BCUT2D eigenvalue weighted by Gasteiger charge is 2.10. The van der Waals surface area contributed by atoms with Crippen LogP contribution in [0.4, 0.5) is 0 Å². The molecule has 0 saturated heterocycles. The molecule has 4 N–H and O–H groups in total. The summed E-state index contributed by atoms with van der Waals surface area (Å²) in [7, 11) is 0. The summed E-state index contributed by atoms with van der Waals surface area (Å²) in [6.07, 6.45) is 0.756. The van der Waals surface area contributed by atoms with Gasteiger partial charge in [0.15, 0.2) is 0 Å². The molecule has 0 aliphatic carbocycles. The third-order valence-corrected chi connectivity index (χ3v) is 3.03. The minimum Gasteiger partial charge on any atom is -0.489 e. The first-order valence-electron chi connectivity index (χ1n) is 6.52. The molecule has 0 aliphatic heterocycles. The molecule has 1 atom stereocenters. The van der Waals surface area contributed by atoms with Crippen molar-refractivity contribution in [1.82, 2.24) is 0 Å². The standard InChI is InChI=1S/C16H20N2O/c17-11-10-15(18)14-8-4-5-9-16(14)19-12-13-6-2-1-3-7-13/h1-9,15H,10-12,17-18H2/t15-/m0/s1. The zero-order valence-electron chi connectivity index (χ0n) is 11.0. The zero-order chi connectivity index (χ0) is 13.5. The van der Waals surface area contributed by atoms with E-state index in [0.29, 0.717) is 13.2 Å². The third-order valence-electron chi connectivity index (χ3n) is 3.03. The van der Waals surface area contributed by atoms with Crippen molar-refractivity contribution in [3.05, 3.63) is 65.7 Å². The first-order valence-corrected chi connectivity index (χ1v) is 6.52. The van der Waals surface area contributed by atoms with Crippen molar-refractivity contribution in [3.8, 4) is 5.75 Å². The molecule has 3 heteroatoms. The number of ether oxygens (including phenoxy) is 1. The Balaban J connectivity index is 2.07. The van der Waals surface area contributed by atoms with Crippen molar-refractivity contribution in [3.63, 3.8) is 0 Å². The van der Waals surface area contributed by atoms with Crippen LogP contribution in [0.3, 0.4) is 0 Å². The van der Waals surface area contributed by atoms with E-state index in [-0.39, 0.29) is 6.04 Å². The van der Waals surface area contributed by atoms with Crippen molar-refractivity contribution < 1.29 is 4.74 Å². The van der Waals surface area contributed by atoms with Gasteiger partial charge in [-0.25, -0.2) is 0 Å². The number of hydrogen-bond acceptors (Lipinski definition) is 3. The van der Waals surface area contributed by atoms with Gasteiger partial charge in [-0.2, -0.15) is 0 Å². The molecule has 0 aromatic heterocycles. The van der Waals surface area contributed by atoms with Gasteiger partial charge in [0.25, 0.3) is 0 Å². The lowest BCUT2D eigenvalue weighted by atomic mass is 10.0. The largest absolute Gasteiger partial charge is 0.489 e. The first kappa shape index (κ1) is 13.6. The molecule has 0 radical (unpaired) electrons. The Morgan fingerprint density at radius 2 is 1.63 bits per heavy atom. The molecule has 0 aliphatic rings. The maximum absolute atomic E-state index is 6.12. The smallest absolute Gasteiger partial charge is 0.124 e. The molecule has 2 aromatic carbocycles. The van der Waals surface area contributed by atoms with E-state index in [4.69, 9.17) is 16.2 Å². The molecule has 0 saturated carbocycles. The van der Waals surface area contributed by atoms with E-state index in [0.717, 1.165) is 23.3 Å². The van der Waals surface area contributed by atoms with Crippen molar-refractivity contribution in [1.29, 1.82) is 0 Å². The SMILES string of the molecule is NCC[C@H](N)c1ccccc1OCc1ccccc1. The minimum atomic E-state index is -0.0722. The molecular formula is C16H20N2O. The average Bonchev–Trinajstić information content (AvgIpc) is 2.47. The van der Waals surface area contributed by atoms with Gasteiger partial charge in [-0.3, -0.25) is 0 Å². The number of hydrogen-bond donors (Lipinski definition) is 2. The van der Waals surface area contributed by atoms with Gasteiger partial charge < -0.3 is 16.2 Å². The molecule has 0 fully saturated rings. The van der Waals surface area contributed by atoms with E-state index in [1.807, 2.05) is 54.6 Å². The predicted molar refractivity (Wildman–Crippen MR) is 77.8 cm³/mol. The van der Waals surface area contributed by atoms with Gasteiger partial charge in [0.2, 0.25) is 0 Å². The normalized spacial score (nSPS) is 12.1. The minimum absolute atomic E-state index is 0.0722. The second kappa shape index (κ2) is 6.92. The summed E-state index contributed by atoms with van der Waals surface area (Å²) in [6.45, 7) is 1.13. The third kappa shape index (κ3) is 3.81. The van der Waals surface area contributed by atoms with Gasteiger partial charge in [0, 0.05) is 11.6 Å². The molecule has 0 unspecified atom stereocenters. The summed E-state index contributed by atoms with van der Waals surface area (Å²) >= 11 is 0. The van der Waals surface area contributed by atoms with Crippen LogP contribution < -0.4 is 16.2 Å². The van der Waals surface area contributed by atoms with E-state index in [2.05, 4.69) is 0 Å². The quantitative estimate of drug-likeness (QED) is 0.835. The van der Waals surface area contributed by atoms with Crippen molar-refractivity contribution in [2.24, 2.45) is 11.5 Å². The van der Waals surface area contributed by atoms with E-state index in [1.165, 1.54) is 0 Å². The number of para-hydroxylation sites is 1. The van der Waals surface area contributed by atoms with Gasteiger partial charge in [-0.15, -0.1) is 0 Å². The van der Waals surface area contributed by atoms with E-state index in [1.54, 1.807) is 0 Å². The maximum atomic E-state index is 6.12. The Morgan fingerprint density at radius 1 is 0.947 bits per heavy atom. The highest BCUT2D eigenvalue weighted by atomic mass is 16.5. The van der Waals surface area contributed by atoms with E-state index < -0.39 is 0 Å². The van der Waals surface area contributed by atoms with Crippen LogP contribution >= 0.6 is 0 Å². The van der Waals surface area contributed by atoms with Crippen LogP contribution in [0.1, 0.15) is 23.6 Å². The summed E-state index contributed by atoms with van der Waals surface area (Å²) in [6, 6.07) is 17.9.